The van der Waals surface area contributed by atoms with Crippen molar-refractivity contribution in [3.05, 3.63) is 59.2 Å². The fourth-order valence-electron chi connectivity index (χ4n) is 3.82. The second-order valence-electron chi connectivity index (χ2n) is 12.4. The third-order valence-electron chi connectivity index (χ3n) is 5.27. The molecule has 0 saturated carbocycles. The Morgan fingerprint density at radius 1 is 0.533 bits per heavy atom. The Morgan fingerprint density at radius 2 is 0.933 bits per heavy atom. The summed E-state index contributed by atoms with van der Waals surface area (Å²) in [5, 5.41) is 19.0. The first kappa shape index (κ1) is 26.1. The van der Waals surface area contributed by atoms with Crippen molar-refractivity contribution in [1.29, 1.82) is 0 Å². The molecular formula is C28H44O2. The van der Waals surface area contributed by atoms with Crippen LogP contribution in [-0.4, -0.2) is 10.2 Å². The van der Waals surface area contributed by atoms with Gasteiger partial charge in [0.05, 0.1) is 0 Å². The summed E-state index contributed by atoms with van der Waals surface area (Å²) >= 11 is 0. The molecular weight excluding hydrogens is 368 g/mol. The molecule has 0 aliphatic heterocycles. The lowest BCUT2D eigenvalue weighted by molar-refractivity contribution is 0.284. The molecule has 168 valence electrons. The van der Waals surface area contributed by atoms with Crippen molar-refractivity contribution in [3.63, 3.8) is 0 Å². The van der Waals surface area contributed by atoms with Crippen LogP contribution in [0.1, 0.15) is 99.3 Å². The second kappa shape index (κ2) is 9.04. The predicted octanol–water partition coefficient (Wildman–Crippen LogP) is 8.09. The maximum absolute atomic E-state index is 9.72. The minimum atomic E-state index is 0.0821. The largest absolute Gasteiger partial charge is 0.508 e. The van der Waals surface area contributed by atoms with Crippen molar-refractivity contribution in [2.45, 2.75) is 98.8 Å². The molecule has 2 rings (SSSR count). The quantitative estimate of drug-likeness (QED) is 0.523. The summed E-state index contributed by atoms with van der Waals surface area (Å²) < 4.78 is 0. The Balaban J connectivity index is 0.000000300. The zero-order chi connectivity index (χ0) is 23.5. The van der Waals surface area contributed by atoms with Crippen LogP contribution >= 0.6 is 0 Å². The van der Waals surface area contributed by atoms with Gasteiger partial charge in [-0.05, 0) is 69.0 Å². The molecule has 2 heteroatoms. The predicted molar refractivity (Wildman–Crippen MR) is 131 cm³/mol. The Morgan fingerprint density at radius 3 is 1.27 bits per heavy atom. The normalized spacial score (nSPS) is 12.9. The molecule has 0 spiro atoms. The maximum Gasteiger partial charge on any atom is 0.116 e. The van der Waals surface area contributed by atoms with Crippen LogP contribution < -0.4 is 0 Å². The van der Waals surface area contributed by atoms with E-state index in [0.717, 1.165) is 6.42 Å². The molecule has 0 heterocycles. The minimum absolute atomic E-state index is 0.0821. The lowest BCUT2D eigenvalue weighted by atomic mass is 9.72. The monoisotopic (exact) mass is 412 g/mol. The van der Waals surface area contributed by atoms with E-state index in [-0.39, 0.29) is 16.2 Å². The van der Waals surface area contributed by atoms with E-state index < -0.39 is 0 Å². The van der Waals surface area contributed by atoms with Crippen LogP contribution in [0.25, 0.3) is 0 Å². The molecule has 0 saturated heterocycles. The van der Waals surface area contributed by atoms with Gasteiger partial charge in [-0.15, -0.1) is 0 Å². The van der Waals surface area contributed by atoms with Crippen molar-refractivity contribution in [2.24, 2.45) is 5.41 Å². The van der Waals surface area contributed by atoms with Gasteiger partial charge in [0.1, 0.15) is 11.5 Å². The topological polar surface area (TPSA) is 40.5 Å². The third-order valence-corrected chi connectivity index (χ3v) is 5.27. The molecule has 2 aromatic rings. The van der Waals surface area contributed by atoms with E-state index in [4.69, 9.17) is 0 Å². The molecule has 0 bridgehead atoms. The van der Waals surface area contributed by atoms with E-state index in [1.165, 1.54) is 16.7 Å². The standard InChI is InChI=1S/2C14H22O/c1-13(2,3)10-7-11(14(4,5)6)9-12(15)8-10;1-13(2,3)10-14(4,5)11-6-8-12(15)9-7-11/h7-9,15H,1-6H3;6-9,15H,10H2,1-5H3. The molecule has 0 aliphatic rings. The lowest BCUT2D eigenvalue weighted by Gasteiger charge is -2.33. The van der Waals surface area contributed by atoms with Gasteiger partial charge >= 0.3 is 0 Å². The summed E-state index contributed by atoms with van der Waals surface area (Å²) in [6.45, 7) is 24.3. The molecule has 0 amide bonds. The van der Waals surface area contributed by atoms with Crippen LogP contribution in [0.2, 0.25) is 0 Å². The zero-order valence-corrected chi connectivity index (χ0v) is 21.1. The van der Waals surface area contributed by atoms with Crippen molar-refractivity contribution in [3.8, 4) is 11.5 Å². The first-order chi connectivity index (χ1) is 13.3. The van der Waals surface area contributed by atoms with Crippen LogP contribution in [0.3, 0.4) is 0 Å². The Labute approximate surface area is 185 Å². The second-order valence-corrected chi connectivity index (χ2v) is 12.4. The SMILES string of the molecule is CC(C)(C)CC(C)(C)c1ccc(O)cc1.CC(C)(C)c1cc(O)cc(C(C)(C)C)c1. The number of benzene rings is 2. The van der Waals surface area contributed by atoms with Gasteiger partial charge in [0.2, 0.25) is 0 Å². The summed E-state index contributed by atoms with van der Waals surface area (Å²) in [5.74, 6) is 0.706. The molecule has 0 atom stereocenters. The number of hydrogen-bond acceptors (Lipinski definition) is 2. The third kappa shape index (κ3) is 8.42. The van der Waals surface area contributed by atoms with Crippen molar-refractivity contribution >= 4 is 0 Å². The summed E-state index contributed by atoms with van der Waals surface area (Å²) in [4.78, 5) is 0. The molecule has 2 N–H and O–H groups in total. The zero-order valence-electron chi connectivity index (χ0n) is 21.1. The van der Waals surface area contributed by atoms with E-state index in [1.807, 2.05) is 24.3 Å². The van der Waals surface area contributed by atoms with E-state index in [1.54, 1.807) is 12.1 Å². The number of hydrogen-bond donors (Lipinski definition) is 2. The molecule has 2 aromatic carbocycles. The highest BCUT2D eigenvalue weighted by molar-refractivity contribution is 5.39. The van der Waals surface area contributed by atoms with Crippen LogP contribution in [0.4, 0.5) is 0 Å². The maximum atomic E-state index is 9.72. The first-order valence-corrected chi connectivity index (χ1v) is 11.0. The van der Waals surface area contributed by atoms with Crippen LogP contribution in [0.15, 0.2) is 42.5 Å². The summed E-state index contributed by atoms with van der Waals surface area (Å²) in [6.07, 6.45) is 1.13. The lowest BCUT2D eigenvalue weighted by Crippen LogP contribution is -2.24. The number of aromatic hydroxyl groups is 2. The van der Waals surface area contributed by atoms with Crippen LogP contribution in [0, 0.1) is 5.41 Å². The molecule has 0 aliphatic carbocycles. The summed E-state index contributed by atoms with van der Waals surface area (Å²) in [7, 11) is 0. The number of rotatable bonds is 2. The highest BCUT2D eigenvalue weighted by Crippen LogP contribution is 2.36. The molecule has 30 heavy (non-hydrogen) atoms. The average Bonchev–Trinajstić information content (AvgIpc) is 2.51. The Kier molecular flexibility index (Phi) is 7.86. The van der Waals surface area contributed by atoms with Crippen molar-refractivity contribution in [1.82, 2.24) is 0 Å². The Bertz CT molecular complexity index is 775. The van der Waals surface area contributed by atoms with Crippen LogP contribution in [0.5, 0.6) is 11.5 Å². The smallest absolute Gasteiger partial charge is 0.116 e. The van der Waals surface area contributed by atoms with Gasteiger partial charge in [-0.25, -0.2) is 0 Å². The molecule has 0 aromatic heterocycles. The van der Waals surface area contributed by atoms with Gasteiger partial charge in [-0.2, -0.15) is 0 Å². The molecule has 0 unspecified atom stereocenters. The van der Waals surface area contributed by atoms with Gasteiger partial charge in [0.15, 0.2) is 0 Å². The van der Waals surface area contributed by atoms with Gasteiger partial charge in [0.25, 0.3) is 0 Å². The van der Waals surface area contributed by atoms with E-state index in [9.17, 15) is 10.2 Å². The van der Waals surface area contributed by atoms with Gasteiger partial charge < -0.3 is 10.2 Å². The van der Waals surface area contributed by atoms with E-state index >= 15 is 0 Å². The van der Waals surface area contributed by atoms with Gasteiger partial charge in [0, 0.05) is 0 Å². The van der Waals surface area contributed by atoms with E-state index in [0.29, 0.717) is 16.9 Å². The fourth-order valence-corrected chi connectivity index (χ4v) is 3.82. The average molecular weight is 413 g/mol. The molecule has 2 nitrogen and oxygen atoms in total. The van der Waals surface area contributed by atoms with E-state index in [2.05, 4.69) is 82.2 Å². The number of phenolic OH excluding ortho intramolecular Hbond substituents is 2. The first-order valence-electron chi connectivity index (χ1n) is 11.0. The number of phenols is 2. The van der Waals surface area contributed by atoms with Crippen molar-refractivity contribution < 1.29 is 10.2 Å². The van der Waals surface area contributed by atoms with Gasteiger partial charge in [-0.3, -0.25) is 0 Å². The minimum Gasteiger partial charge on any atom is -0.508 e. The molecule has 0 radical (unpaired) electrons. The summed E-state index contributed by atoms with van der Waals surface area (Å²) in [6, 6.07) is 13.5. The molecule has 0 fully saturated rings. The highest BCUT2D eigenvalue weighted by Gasteiger charge is 2.27. The van der Waals surface area contributed by atoms with Gasteiger partial charge in [-0.1, -0.05) is 94.4 Å². The highest BCUT2D eigenvalue weighted by atomic mass is 16.3. The summed E-state index contributed by atoms with van der Waals surface area (Å²) in [5.41, 5.74) is 4.31. The fraction of sp³-hybridized carbons (Fsp3) is 0.571. The Hall–Kier alpha value is -1.96. The van der Waals surface area contributed by atoms with Crippen molar-refractivity contribution in [2.75, 3.05) is 0 Å². The van der Waals surface area contributed by atoms with Crippen LogP contribution in [-0.2, 0) is 16.2 Å².